The molecule has 7 rings (SSSR count). The van der Waals surface area contributed by atoms with E-state index in [2.05, 4.69) is 91.9 Å². The molecule has 6 aromatic rings. The van der Waals surface area contributed by atoms with Crippen molar-refractivity contribution >= 4 is 57.8 Å². The van der Waals surface area contributed by atoms with Crippen molar-refractivity contribution in [1.29, 1.82) is 0 Å². The zero-order valence-electron chi connectivity index (χ0n) is 24.7. The molecule has 6 heteroatoms. The first kappa shape index (κ1) is 31.1. The molecule has 0 aliphatic heterocycles. The molecule has 0 heterocycles. The number of nitrogen functional groups attached to an aromatic ring is 2. The van der Waals surface area contributed by atoms with Gasteiger partial charge in [0.05, 0.1) is 21.1 Å². The zero-order valence-corrected chi connectivity index (χ0v) is 27.7. The van der Waals surface area contributed by atoms with E-state index in [9.17, 15) is 0 Å². The molecule has 2 nitrogen and oxygen atoms in total. The fourth-order valence-electron chi connectivity index (χ4n) is 6.18. The molecule has 0 amide bonds. The normalized spacial score (nSPS) is 12.6. The number of benzene rings is 6. The molecule has 1 aliphatic carbocycles. The molecule has 6 aromatic carbocycles. The summed E-state index contributed by atoms with van der Waals surface area (Å²) in [6, 6.07) is 41.7. The Kier molecular flexibility index (Phi) is 8.61. The third-order valence-corrected chi connectivity index (χ3v) is 9.77. The van der Waals surface area contributed by atoms with Gasteiger partial charge in [0, 0.05) is 26.9 Å². The van der Waals surface area contributed by atoms with Gasteiger partial charge in [0.2, 0.25) is 0 Å². The van der Waals surface area contributed by atoms with E-state index in [1.807, 2.05) is 19.1 Å². The fraction of sp³-hybridized carbons (Fsp3) is 0.0769. The van der Waals surface area contributed by atoms with Crippen LogP contribution in [0.4, 0.5) is 11.4 Å². The first-order valence-corrected chi connectivity index (χ1v) is 16.0. The van der Waals surface area contributed by atoms with E-state index in [-0.39, 0.29) is 5.41 Å². The highest BCUT2D eigenvalue weighted by atomic mass is 35.5. The first-order chi connectivity index (χ1) is 21.6. The summed E-state index contributed by atoms with van der Waals surface area (Å²) in [4.78, 5) is 0. The van der Waals surface area contributed by atoms with Crippen LogP contribution in [0, 0.1) is 13.8 Å². The molecule has 0 bridgehead atoms. The van der Waals surface area contributed by atoms with Crippen molar-refractivity contribution in [3.8, 4) is 22.3 Å². The summed E-state index contributed by atoms with van der Waals surface area (Å²) in [5.41, 5.74) is 24.0. The van der Waals surface area contributed by atoms with Gasteiger partial charge in [-0.2, -0.15) is 0 Å². The molecule has 224 valence electrons. The second-order valence-electron chi connectivity index (χ2n) is 11.3. The molecule has 0 atom stereocenters. The number of hydrogen-bond acceptors (Lipinski definition) is 2. The van der Waals surface area contributed by atoms with Crippen LogP contribution in [-0.4, -0.2) is 0 Å². The molecular formula is C39H30Cl4N2. The molecule has 0 aromatic heterocycles. The van der Waals surface area contributed by atoms with Crippen LogP contribution in [0.1, 0.15) is 33.4 Å². The van der Waals surface area contributed by atoms with Crippen molar-refractivity contribution < 1.29 is 0 Å². The van der Waals surface area contributed by atoms with E-state index in [4.69, 9.17) is 57.9 Å². The Morgan fingerprint density at radius 2 is 0.933 bits per heavy atom. The summed E-state index contributed by atoms with van der Waals surface area (Å²) >= 11 is 24.5. The number of anilines is 2. The number of halogens is 4. The molecule has 0 radical (unpaired) electrons. The number of aryl methyl sites for hydroxylation is 2. The number of rotatable bonds is 3. The summed E-state index contributed by atoms with van der Waals surface area (Å²) in [6.07, 6.45) is 0. The second kappa shape index (κ2) is 12.5. The van der Waals surface area contributed by atoms with E-state index in [1.165, 1.54) is 38.9 Å². The van der Waals surface area contributed by atoms with Gasteiger partial charge in [-0.05, 0) is 89.2 Å². The minimum atomic E-state index is -0.325. The maximum absolute atomic E-state index is 6.21. The SMILES string of the molecule is Cc1cc(Cl)c(-c2cc(Cl)c(N)cc2Cl)cc1Cl.Cc1ccc(C2(c3ccc(N)cc3)c3ccccc3-c3ccccc32)cc1. The Bertz CT molecular complexity index is 1880. The third kappa shape index (κ3) is 5.58. The van der Waals surface area contributed by atoms with Gasteiger partial charge in [-0.1, -0.05) is 137 Å². The van der Waals surface area contributed by atoms with Gasteiger partial charge in [0.1, 0.15) is 0 Å². The molecule has 1 aliphatic rings. The lowest BCUT2D eigenvalue weighted by Crippen LogP contribution is -2.28. The van der Waals surface area contributed by atoms with Gasteiger partial charge in [0.15, 0.2) is 0 Å². The lowest BCUT2D eigenvalue weighted by molar-refractivity contribution is 0.768. The monoisotopic (exact) mass is 666 g/mol. The number of hydrogen-bond donors (Lipinski definition) is 2. The molecule has 0 saturated carbocycles. The lowest BCUT2D eigenvalue weighted by Gasteiger charge is -2.34. The minimum absolute atomic E-state index is 0.325. The highest BCUT2D eigenvalue weighted by Gasteiger charge is 2.45. The predicted octanol–water partition coefficient (Wildman–Crippen LogP) is 11.8. The van der Waals surface area contributed by atoms with Gasteiger partial charge >= 0.3 is 0 Å². The van der Waals surface area contributed by atoms with Gasteiger partial charge in [-0.3, -0.25) is 0 Å². The average molecular weight is 668 g/mol. The molecule has 0 spiro atoms. The van der Waals surface area contributed by atoms with Crippen LogP contribution in [0.15, 0.2) is 121 Å². The maximum Gasteiger partial charge on any atom is 0.0713 e. The summed E-state index contributed by atoms with van der Waals surface area (Å²) in [6.45, 7) is 4.02. The number of nitrogens with two attached hydrogens (primary N) is 2. The molecule has 45 heavy (non-hydrogen) atoms. The zero-order chi connectivity index (χ0) is 31.9. The highest BCUT2D eigenvalue weighted by Crippen LogP contribution is 2.56. The largest absolute Gasteiger partial charge is 0.399 e. The molecule has 0 saturated heterocycles. The molecular weight excluding hydrogens is 638 g/mol. The Morgan fingerprint density at radius 1 is 0.467 bits per heavy atom. The third-order valence-electron chi connectivity index (χ3n) is 8.41. The van der Waals surface area contributed by atoms with Gasteiger partial charge in [-0.15, -0.1) is 0 Å². The second-order valence-corrected chi connectivity index (χ2v) is 12.9. The Labute approximate surface area is 284 Å². The van der Waals surface area contributed by atoms with E-state index in [1.54, 1.807) is 24.3 Å². The van der Waals surface area contributed by atoms with Crippen molar-refractivity contribution in [2.24, 2.45) is 0 Å². The van der Waals surface area contributed by atoms with Crippen molar-refractivity contribution in [3.63, 3.8) is 0 Å². The summed E-state index contributed by atoms with van der Waals surface area (Å²) in [7, 11) is 0. The van der Waals surface area contributed by atoms with Crippen LogP contribution in [0.3, 0.4) is 0 Å². The fourth-order valence-corrected chi connectivity index (χ4v) is 7.10. The maximum atomic E-state index is 6.21. The number of fused-ring (bicyclic) bond motifs is 3. The van der Waals surface area contributed by atoms with Crippen LogP contribution in [0.5, 0.6) is 0 Å². The van der Waals surface area contributed by atoms with Crippen molar-refractivity contribution in [3.05, 3.63) is 175 Å². The van der Waals surface area contributed by atoms with Crippen LogP contribution >= 0.6 is 46.4 Å². The van der Waals surface area contributed by atoms with E-state index in [0.717, 1.165) is 16.8 Å². The summed E-state index contributed by atoms with van der Waals surface area (Å²) < 4.78 is 0. The summed E-state index contributed by atoms with van der Waals surface area (Å²) in [5, 5.41) is 2.11. The molecule has 0 unspecified atom stereocenters. The summed E-state index contributed by atoms with van der Waals surface area (Å²) in [5.74, 6) is 0. The van der Waals surface area contributed by atoms with Crippen LogP contribution in [-0.2, 0) is 5.41 Å². The highest BCUT2D eigenvalue weighted by molar-refractivity contribution is 6.39. The lowest BCUT2D eigenvalue weighted by atomic mass is 9.67. The Hall–Kier alpha value is -3.92. The van der Waals surface area contributed by atoms with E-state index in [0.29, 0.717) is 31.3 Å². The Balaban J connectivity index is 0.000000173. The standard InChI is InChI=1S/C26H21N.C13H9Cl4N/c1-18-10-12-19(13-11-18)26(20-14-16-21(27)17-15-20)24-8-4-2-6-22(24)23-7-3-5-9-25(23)26;1-6-2-10(15)7(3-9(6)14)8-4-12(17)13(18)5-11(8)16/h2-17H,27H2,1H3;2-5H,18H2,1H3. The van der Waals surface area contributed by atoms with Crippen LogP contribution in [0.25, 0.3) is 22.3 Å². The van der Waals surface area contributed by atoms with Gasteiger partial charge < -0.3 is 11.5 Å². The van der Waals surface area contributed by atoms with Crippen molar-refractivity contribution in [1.82, 2.24) is 0 Å². The van der Waals surface area contributed by atoms with Crippen molar-refractivity contribution in [2.45, 2.75) is 19.3 Å². The van der Waals surface area contributed by atoms with Crippen LogP contribution in [0.2, 0.25) is 20.1 Å². The van der Waals surface area contributed by atoms with E-state index < -0.39 is 0 Å². The minimum Gasteiger partial charge on any atom is -0.399 e. The average Bonchev–Trinajstić information content (AvgIpc) is 3.33. The molecule has 4 N–H and O–H groups in total. The predicted molar refractivity (Wildman–Crippen MR) is 194 cm³/mol. The topological polar surface area (TPSA) is 52.0 Å². The quantitative estimate of drug-likeness (QED) is 0.184. The van der Waals surface area contributed by atoms with Crippen LogP contribution < -0.4 is 11.5 Å². The molecule has 0 fully saturated rings. The Morgan fingerprint density at radius 3 is 1.49 bits per heavy atom. The van der Waals surface area contributed by atoms with E-state index >= 15 is 0 Å². The van der Waals surface area contributed by atoms with Gasteiger partial charge in [0.25, 0.3) is 0 Å². The first-order valence-electron chi connectivity index (χ1n) is 14.4. The van der Waals surface area contributed by atoms with Gasteiger partial charge in [-0.25, -0.2) is 0 Å². The van der Waals surface area contributed by atoms with Crippen molar-refractivity contribution in [2.75, 3.05) is 11.5 Å². The smallest absolute Gasteiger partial charge is 0.0713 e.